The van der Waals surface area contributed by atoms with E-state index in [4.69, 9.17) is 6.42 Å². The summed E-state index contributed by atoms with van der Waals surface area (Å²) in [7, 11) is 0. The maximum Gasteiger partial charge on any atom is 0.246 e. The SMILES string of the molecule is C#CC(CCC)N1C(=O)C(CC)NC(=O)C1C. The van der Waals surface area contributed by atoms with Crippen LogP contribution in [0.25, 0.3) is 0 Å². The Kier molecular flexibility index (Phi) is 4.56. The largest absolute Gasteiger partial charge is 0.343 e. The second-order valence-corrected chi connectivity index (χ2v) is 4.36. The topological polar surface area (TPSA) is 49.4 Å². The summed E-state index contributed by atoms with van der Waals surface area (Å²) in [6.07, 6.45) is 7.69. The van der Waals surface area contributed by atoms with Crippen LogP contribution in [-0.2, 0) is 9.59 Å². The van der Waals surface area contributed by atoms with E-state index in [2.05, 4.69) is 11.2 Å². The minimum absolute atomic E-state index is 0.0593. The Morgan fingerprint density at radius 2 is 2.12 bits per heavy atom. The minimum atomic E-state index is -0.474. The summed E-state index contributed by atoms with van der Waals surface area (Å²) in [6.45, 7) is 5.61. The lowest BCUT2D eigenvalue weighted by Gasteiger charge is -2.40. The van der Waals surface area contributed by atoms with E-state index in [-0.39, 0.29) is 17.9 Å². The van der Waals surface area contributed by atoms with Crippen molar-refractivity contribution in [1.82, 2.24) is 10.2 Å². The number of hydrogen-bond donors (Lipinski definition) is 1. The highest BCUT2D eigenvalue weighted by Gasteiger charge is 2.39. The number of amides is 2. The van der Waals surface area contributed by atoms with E-state index in [0.29, 0.717) is 6.42 Å². The highest BCUT2D eigenvalue weighted by Crippen LogP contribution is 2.18. The molecule has 2 amide bonds. The first-order chi connectivity index (χ1) is 8.06. The van der Waals surface area contributed by atoms with Gasteiger partial charge in [0.05, 0.1) is 6.04 Å². The van der Waals surface area contributed by atoms with Crippen LogP contribution < -0.4 is 5.32 Å². The minimum Gasteiger partial charge on any atom is -0.343 e. The van der Waals surface area contributed by atoms with E-state index in [1.165, 1.54) is 0 Å². The van der Waals surface area contributed by atoms with Crippen LogP contribution >= 0.6 is 0 Å². The molecule has 94 valence electrons. The average Bonchev–Trinajstić information content (AvgIpc) is 2.32. The molecule has 0 spiro atoms. The molecule has 0 saturated carbocycles. The monoisotopic (exact) mass is 236 g/mol. The van der Waals surface area contributed by atoms with Gasteiger partial charge in [0.1, 0.15) is 12.1 Å². The van der Waals surface area contributed by atoms with Crippen molar-refractivity contribution < 1.29 is 9.59 Å². The highest BCUT2D eigenvalue weighted by molar-refractivity contribution is 5.97. The van der Waals surface area contributed by atoms with Crippen molar-refractivity contribution in [3.8, 4) is 12.3 Å². The van der Waals surface area contributed by atoms with Gasteiger partial charge in [-0.05, 0) is 19.8 Å². The van der Waals surface area contributed by atoms with E-state index in [0.717, 1.165) is 12.8 Å². The van der Waals surface area contributed by atoms with E-state index in [1.807, 2.05) is 13.8 Å². The van der Waals surface area contributed by atoms with Crippen LogP contribution in [0.1, 0.15) is 40.0 Å². The molecule has 0 aromatic rings. The molecule has 1 saturated heterocycles. The average molecular weight is 236 g/mol. The molecule has 0 aromatic heterocycles. The second kappa shape index (κ2) is 5.72. The fraction of sp³-hybridized carbons (Fsp3) is 0.692. The van der Waals surface area contributed by atoms with Crippen molar-refractivity contribution in [3.05, 3.63) is 0 Å². The summed E-state index contributed by atoms with van der Waals surface area (Å²) in [5, 5.41) is 2.72. The Bertz CT molecular complexity index is 346. The molecule has 0 bridgehead atoms. The first kappa shape index (κ1) is 13.6. The summed E-state index contributed by atoms with van der Waals surface area (Å²) in [6, 6.07) is -1.17. The van der Waals surface area contributed by atoms with Crippen molar-refractivity contribution in [2.24, 2.45) is 0 Å². The predicted molar refractivity (Wildman–Crippen MR) is 66.1 cm³/mol. The van der Waals surface area contributed by atoms with Gasteiger partial charge in [-0.2, -0.15) is 0 Å². The van der Waals surface area contributed by atoms with Gasteiger partial charge >= 0.3 is 0 Å². The fourth-order valence-electron chi connectivity index (χ4n) is 2.13. The summed E-state index contributed by atoms with van der Waals surface area (Å²) in [5.41, 5.74) is 0. The normalized spacial score (nSPS) is 26.4. The molecule has 17 heavy (non-hydrogen) atoms. The van der Waals surface area contributed by atoms with Gasteiger partial charge in [0.2, 0.25) is 11.8 Å². The van der Waals surface area contributed by atoms with E-state index < -0.39 is 12.1 Å². The van der Waals surface area contributed by atoms with Crippen LogP contribution in [0.15, 0.2) is 0 Å². The molecule has 0 radical (unpaired) electrons. The number of rotatable bonds is 4. The molecule has 4 heteroatoms. The van der Waals surface area contributed by atoms with Crippen molar-refractivity contribution in [2.45, 2.75) is 58.2 Å². The van der Waals surface area contributed by atoms with Gasteiger partial charge in [0.25, 0.3) is 0 Å². The zero-order valence-corrected chi connectivity index (χ0v) is 10.7. The lowest BCUT2D eigenvalue weighted by molar-refractivity contribution is -0.150. The Morgan fingerprint density at radius 3 is 2.59 bits per heavy atom. The molecule has 1 aliphatic heterocycles. The van der Waals surface area contributed by atoms with Crippen molar-refractivity contribution in [3.63, 3.8) is 0 Å². The van der Waals surface area contributed by atoms with Crippen molar-refractivity contribution in [2.75, 3.05) is 0 Å². The Labute approximate surface area is 103 Å². The second-order valence-electron chi connectivity index (χ2n) is 4.36. The van der Waals surface area contributed by atoms with Crippen LogP contribution in [0.3, 0.4) is 0 Å². The van der Waals surface area contributed by atoms with Gasteiger partial charge < -0.3 is 10.2 Å². The standard InChI is InChI=1S/C13H20N2O2/c1-5-8-10(6-2)15-9(4)12(16)14-11(7-3)13(15)17/h2,9-11H,5,7-8H2,1,3-4H3,(H,14,16). The third-order valence-electron chi connectivity index (χ3n) is 3.16. The van der Waals surface area contributed by atoms with Crippen LogP contribution in [0.2, 0.25) is 0 Å². The first-order valence-electron chi connectivity index (χ1n) is 6.15. The van der Waals surface area contributed by atoms with E-state index >= 15 is 0 Å². The Morgan fingerprint density at radius 1 is 1.47 bits per heavy atom. The number of piperazine rings is 1. The van der Waals surface area contributed by atoms with Crippen molar-refractivity contribution >= 4 is 11.8 Å². The zero-order chi connectivity index (χ0) is 13.0. The van der Waals surface area contributed by atoms with Crippen LogP contribution in [0, 0.1) is 12.3 Å². The van der Waals surface area contributed by atoms with Gasteiger partial charge in [0.15, 0.2) is 0 Å². The molecule has 1 N–H and O–H groups in total. The molecule has 3 atom stereocenters. The molecule has 1 rings (SSSR count). The third kappa shape index (κ3) is 2.60. The van der Waals surface area contributed by atoms with Gasteiger partial charge in [-0.3, -0.25) is 9.59 Å². The van der Waals surface area contributed by atoms with Gasteiger partial charge in [-0.25, -0.2) is 0 Å². The molecule has 1 heterocycles. The Hall–Kier alpha value is -1.50. The van der Waals surface area contributed by atoms with Crippen LogP contribution in [0.4, 0.5) is 0 Å². The Balaban J connectivity index is 2.96. The van der Waals surface area contributed by atoms with Crippen molar-refractivity contribution in [1.29, 1.82) is 0 Å². The molecular weight excluding hydrogens is 216 g/mol. The van der Waals surface area contributed by atoms with Crippen LogP contribution in [-0.4, -0.2) is 34.8 Å². The molecule has 1 aliphatic rings. The molecule has 0 aromatic carbocycles. The predicted octanol–water partition coefficient (Wildman–Crippen LogP) is 0.914. The number of nitrogens with one attached hydrogen (secondary N) is 1. The van der Waals surface area contributed by atoms with Gasteiger partial charge in [0, 0.05) is 0 Å². The summed E-state index contributed by atoms with van der Waals surface area (Å²) >= 11 is 0. The molecule has 4 nitrogen and oxygen atoms in total. The summed E-state index contributed by atoms with van der Waals surface area (Å²) in [5.74, 6) is 2.45. The fourth-order valence-corrected chi connectivity index (χ4v) is 2.13. The maximum atomic E-state index is 12.2. The third-order valence-corrected chi connectivity index (χ3v) is 3.16. The van der Waals surface area contributed by atoms with E-state index in [9.17, 15) is 9.59 Å². The number of carbonyl (C=O) groups is 2. The lowest BCUT2D eigenvalue weighted by Crippen LogP contribution is -2.64. The maximum absolute atomic E-state index is 12.2. The number of carbonyl (C=O) groups excluding carboxylic acids is 2. The molecular formula is C13H20N2O2. The van der Waals surface area contributed by atoms with Gasteiger partial charge in [-0.15, -0.1) is 6.42 Å². The summed E-state index contributed by atoms with van der Waals surface area (Å²) < 4.78 is 0. The molecule has 0 aliphatic carbocycles. The van der Waals surface area contributed by atoms with Crippen LogP contribution in [0.5, 0.6) is 0 Å². The highest BCUT2D eigenvalue weighted by atomic mass is 16.2. The smallest absolute Gasteiger partial charge is 0.246 e. The first-order valence-corrected chi connectivity index (χ1v) is 6.15. The number of hydrogen-bond acceptors (Lipinski definition) is 2. The number of terminal acetylenes is 1. The zero-order valence-electron chi connectivity index (χ0n) is 10.7. The molecule has 1 fully saturated rings. The lowest BCUT2D eigenvalue weighted by atomic mass is 10.0. The van der Waals surface area contributed by atoms with Gasteiger partial charge in [-0.1, -0.05) is 26.2 Å². The van der Waals surface area contributed by atoms with E-state index in [1.54, 1.807) is 11.8 Å². The molecule has 3 unspecified atom stereocenters. The summed E-state index contributed by atoms with van der Waals surface area (Å²) in [4.78, 5) is 25.5. The quantitative estimate of drug-likeness (QED) is 0.738. The number of nitrogens with zero attached hydrogens (tertiary/aromatic N) is 1.